The van der Waals surface area contributed by atoms with Crippen molar-refractivity contribution < 1.29 is 13.2 Å². The van der Waals surface area contributed by atoms with Gasteiger partial charge in [0.05, 0.1) is 12.0 Å². The molecule has 0 aromatic heterocycles. The average molecular weight is 277 g/mol. The SMILES string of the molecule is CC(N)(C#N)CCCCN1CCCC(C(F)(F)F)C1. The average Bonchev–Trinajstić information content (AvgIpc) is 2.34. The number of nitrogens with zero attached hydrogens (tertiary/aromatic N) is 2. The zero-order valence-corrected chi connectivity index (χ0v) is 11.3. The van der Waals surface area contributed by atoms with Gasteiger partial charge < -0.3 is 10.6 Å². The maximum atomic E-state index is 12.6. The van der Waals surface area contributed by atoms with E-state index in [-0.39, 0.29) is 13.0 Å². The van der Waals surface area contributed by atoms with E-state index in [0.717, 1.165) is 19.4 Å². The maximum Gasteiger partial charge on any atom is 0.393 e. The molecule has 19 heavy (non-hydrogen) atoms. The second-order valence-corrected chi connectivity index (χ2v) is 5.67. The van der Waals surface area contributed by atoms with Crippen molar-refractivity contribution in [3.05, 3.63) is 0 Å². The van der Waals surface area contributed by atoms with Crippen molar-refractivity contribution >= 4 is 0 Å². The van der Waals surface area contributed by atoms with Gasteiger partial charge in [0.15, 0.2) is 0 Å². The number of hydrogen-bond donors (Lipinski definition) is 1. The van der Waals surface area contributed by atoms with E-state index in [9.17, 15) is 13.2 Å². The minimum atomic E-state index is -4.07. The molecule has 2 unspecified atom stereocenters. The molecular formula is C13H22F3N3. The van der Waals surface area contributed by atoms with Crippen LogP contribution in [-0.4, -0.2) is 36.2 Å². The fourth-order valence-corrected chi connectivity index (χ4v) is 2.41. The van der Waals surface area contributed by atoms with Crippen molar-refractivity contribution in [2.24, 2.45) is 11.7 Å². The van der Waals surface area contributed by atoms with Crippen LogP contribution in [0.15, 0.2) is 0 Å². The number of alkyl halides is 3. The van der Waals surface area contributed by atoms with Crippen LogP contribution in [0.2, 0.25) is 0 Å². The first-order chi connectivity index (χ1) is 8.74. The van der Waals surface area contributed by atoms with Crippen LogP contribution in [0.3, 0.4) is 0 Å². The highest BCUT2D eigenvalue weighted by Crippen LogP contribution is 2.33. The molecule has 0 spiro atoms. The smallest absolute Gasteiger partial charge is 0.314 e. The lowest BCUT2D eigenvalue weighted by Crippen LogP contribution is -2.42. The Morgan fingerprint density at radius 1 is 1.37 bits per heavy atom. The summed E-state index contributed by atoms with van der Waals surface area (Å²) >= 11 is 0. The van der Waals surface area contributed by atoms with Gasteiger partial charge in [-0.05, 0) is 52.1 Å². The lowest BCUT2D eigenvalue weighted by atomic mass is 9.96. The topological polar surface area (TPSA) is 53.1 Å². The number of likely N-dealkylation sites (tertiary alicyclic amines) is 1. The second-order valence-electron chi connectivity index (χ2n) is 5.67. The van der Waals surface area contributed by atoms with Gasteiger partial charge >= 0.3 is 6.18 Å². The van der Waals surface area contributed by atoms with Crippen LogP contribution in [-0.2, 0) is 0 Å². The van der Waals surface area contributed by atoms with Crippen LogP contribution in [0, 0.1) is 17.2 Å². The summed E-state index contributed by atoms with van der Waals surface area (Å²) in [6, 6.07) is 2.02. The number of unbranched alkanes of at least 4 members (excludes halogenated alkanes) is 1. The Labute approximate surface area is 112 Å². The van der Waals surface area contributed by atoms with Gasteiger partial charge in [-0.15, -0.1) is 0 Å². The molecule has 1 aliphatic rings. The Balaban J connectivity index is 2.25. The fraction of sp³-hybridized carbons (Fsp3) is 0.923. The highest BCUT2D eigenvalue weighted by molar-refractivity contribution is 5.00. The molecule has 0 amide bonds. The zero-order chi connectivity index (χ0) is 14.5. The van der Waals surface area contributed by atoms with Gasteiger partial charge in [0.1, 0.15) is 5.54 Å². The molecule has 3 nitrogen and oxygen atoms in total. The van der Waals surface area contributed by atoms with Gasteiger partial charge in [0.25, 0.3) is 0 Å². The molecule has 0 radical (unpaired) electrons. The lowest BCUT2D eigenvalue weighted by molar-refractivity contribution is -0.186. The minimum absolute atomic E-state index is 0.113. The molecule has 0 saturated carbocycles. The summed E-state index contributed by atoms with van der Waals surface area (Å²) < 4.78 is 37.9. The van der Waals surface area contributed by atoms with E-state index in [1.54, 1.807) is 6.92 Å². The summed E-state index contributed by atoms with van der Waals surface area (Å²) in [5.74, 6) is -1.18. The van der Waals surface area contributed by atoms with E-state index >= 15 is 0 Å². The lowest BCUT2D eigenvalue weighted by Gasteiger charge is -2.33. The van der Waals surface area contributed by atoms with Crippen LogP contribution < -0.4 is 5.73 Å². The first-order valence-electron chi connectivity index (χ1n) is 6.74. The molecule has 1 saturated heterocycles. The Bertz CT molecular complexity index is 320. The monoisotopic (exact) mass is 277 g/mol. The Hall–Kier alpha value is -0.800. The van der Waals surface area contributed by atoms with Gasteiger partial charge in [-0.25, -0.2) is 0 Å². The first-order valence-corrected chi connectivity index (χ1v) is 6.74. The minimum Gasteiger partial charge on any atom is -0.314 e. The van der Waals surface area contributed by atoms with Gasteiger partial charge in [0, 0.05) is 6.54 Å². The van der Waals surface area contributed by atoms with E-state index in [1.165, 1.54) is 0 Å². The number of halogens is 3. The van der Waals surface area contributed by atoms with Crippen molar-refractivity contribution in [3.8, 4) is 6.07 Å². The second kappa shape index (κ2) is 6.58. The van der Waals surface area contributed by atoms with Crippen molar-refractivity contribution in [3.63, 3.8) is 0 Å². The van der Waals surface area contributed by atoms with E-state index in [1.807, 2.05) is 11.0 Å². The van der Waals surface area contributed by atoms with Crippen LogP contribution in [0.25, 0.3) is 0 Å². The van der Waals surface area contributed by atoms with E-state index < -0.39 is 17.6 Å². The Kier molecular flexibility index (Phi) is 5.63. The third-order valence-corrected chi connectivity index (χ3v) is 3.64. The summed E-state index contributed by atoms with van der Waals surface area (Å²) in [5.41, 5.74) is 4.87. The molecule has 2 atom stereocenters. The number of nitrogens with two attached hydrogens (primary N) is 1. The van der Waals surface area contributed by atoms with Crippen LogP contribution in [0.5, 0.6) is 0 Å². The van der Waals surface area contributed by atoms with Gasteiger partial charge in [-0.2, -0.15) is 18.4 Å². The molecule has 1 heterocycles. The third-order valence-electron chi connectivity index (χ3n) is 3.64. The van der Waals surface area contributed by atoms with Crippen LogP contribution in [0.4, 0.5) is 13.2 Å². The van der Waals surface area contributed by atoms with Crippen molar-refractivity contribution in [2.45, 2.75) is 50.7 Å². The first kappa shape index (κ1) is 16.3. The Morgan fingerprint density at radius 3 is 2.63 bits per heavy atom. The highest BCUT2D eigenvalue weighted by atomic mass is 19.4. The highest BCUT2D eigenvalue weighted by Gasteiger charge is 2.41. The number of rotatable bonds is 5. The molecule has 0 aromatic rings. The maximum absolute atomic E-state index is 12.6. The molecule has 0 aromatic carbocycles. The van der Waals surface area contributed by atoms with Crippen molar-refractivity contribution in [1.29, 1.82) is 5.26 Å². The molecule has 1 fully saturated rings. The largest absolute Gasteiger partial charge is 0.393 e. The summed E-state index contributed by atoms with van der Waals surface area (Å²) in [4.78, 5) is 1.88. The van der Waals surface area contributed by atoms with E-state index in [4.69, 9.17) is 11.0 Å². The standard InChI is InChI=1S/C13H22F3N3/c1-12(18,10-17)6-2-3-7-19-8-4-5-11(9-19)13(14,15)16/h11H,2-9,18H2,1H3. The molecule has 110 valence electrons. The molecule has 0 aliphatic carbocycles. The quantitative estimate of drug-likeness (QED) is 0.786. The third kappa shape index (κ3) is 5.79. The van der Waals surface area contributed by atoms with E-state index in [0.29, 0.717) is 19.4 Å². The zero-order valence-electron chi connectivity index (χ0n) is 11.3. The molecule has 1 rings (SSSR count). The Morgan fingerprint density at radius 2 is 2.05 bits per heavy atom. The molecule has 0 bridgehead atoms. The fourth-order valence-electron chi connectivity index (χ4n) is 2.41. The normalized spacial score (nSPS) is 24.7. The van der Waals surface area contributed by atoms with Gasteiger partial charge in [-0.3, -0.25) is 0 Å². The van der Waals surface area contributed by atoms with Crippen LogP contribution in [0.1, 0.15) is 39.0 Å². The predicted molar refractivity (Wildman–Crippen MR) is 67.3 cm³/mol. The van der Waals surface area contributed by atoms with Gasteiger partial charge in [-0.1, -0.05) is 0 Å². The predicted octanol–water partition coefficient (Wildman–Crippen LogP) is 2.67. The molecule has 1 aliphatic heterocycles. The van der Waals surface area contributed by atoms with Crippen molar-refractivity contribution in [2.75, 3.05) is 19.6 Å². The number of hydrogen-bond acceptors (Lipinski definition) is 3. The summed E-state index contributed by atoms with van der Waals surface area (Å²) in [6.45, 7) is 3.19. The number of nitriles is 1. The summed E-state index contributed by atoms with van der Waals surface area (Å²) in [5, 5.41) is 8.76. The molecular weight excluding hydrogens is 255 g/mol. The van der Waals surface area contributed by atoms with Crippen LogP contribution >= 0.6 is 0 Å². The van der Waals surface area contributed by atoms with Gasteiger partial charge in [0.2, 0.25) is 0 Å². The molecule has 6 heteroatoms. The summed E-state index contributed by atoms with van der Waals surface area (Å²) in [6.07, 6.45) is -1.07. The summed E-state index contributed by atoms with van der Waals surface area (Å²) in [7, 11) is 0. The molecule has 2 N–H and O–H groups in total. The van der Waals surface area contributed by atoms with E-state index in [2.05, 4.69) is 0 Å². The number of piperidine rings is 1. The van der Waals surface area contributed by atoms with Crippen molar-refractivity contribution in [1.82, 2.24) is 4.90 Å².